The van der Waals surface area contributed by atoms with E-state index in [4.69, 9.17) is 9.47 Å². The Hall–Kier alpha value is -1.88. The molecule has 2 atom stereocenters. The molecule has 0 aliphatic heterocycles. The van der Waals surface area contributed by atoms with Crippen molar-refractivity contribution < 1.29 is 19.1 Å². The first-order valence-electron chi connectivity index (χ1n) is 7.62. The van der Waals surface area contributed by atoms with E-state index in [1.54, 1.807) is 31.4 Å². The summed E-state index contributed by atoms with van der Waals surface area (Å²) in [6, 6.07) is 6.97. The van der Waals surface area contributed by atoms with Crippen molar-refractivity contribution in [2.45, 2.75) is 32.2 Å². The molecule has 1 aromatic rings. The fourth-order valence-electron chi connectivity index (χ4n) is 2.82. The molecule has 0 heterocycles. The zero-order chi connectivity index (χ0) is 15.9. The van der Waals surface area contributed by atoms with E-state index in [1.807, 2.05) is 0 Å². The number of ether oxygens (including phenoxy) is 2. The number of carbonyl (C=O) groups is 2. The van der Waals surface area contributed by atoms with Crippen molar-refractivity contribution in [3.05, 3.63) is 29.8 Å². The van der Waals surface area contributed by atoms with Crippen LogP contribution in [0.2, 0.25) is 0 Å². The molecule has 120 valence electrons. The van der Waals surface area contributed by atoms with Gasteiger partial charge in [0.25, 0.3) is 5.91 Å². The highest BCUT2D eigenvalue weighted by atomic mass is 16.5. The summed E-state index contributed by atoms with van der Waals surface area (Å²) in [7, 11) is 1.69. The highest BCUT2D eigenvalue weighted by Gasteiger charge is 2.28. The van der Waals surface area contributed by atoms with Gasteiger partial charge >= 0.3 is 0 Å². The number of Topliss-reactive ketones (excluding diaryl/α,β-unsaturated/α-hetero) is 1. The second-order valence-corrected chi connectivity index (χ2v) is 5.69. The SMILES string of the molecule is COC[C@H]1CCC[C@H]1NC(=O)COc1ccc(C(C)=O)cc1. The number of carbonyl (C=O) groups excluding carboxylic acids is 2. The largest absolute Gasteiger partial charge is 0.484 e. The lowest BCUT2D eigenvalue weighted by atomic mass is 10.1. The van der Waals surface area contributed by atoms with Crippen LogP contribution in [0.3, 0.4) is 0 Å². The van der Waals surface area contributed by atoms with E-state index in [9.17, 15) is 9.59 Å². The molecule has 1 saturated carbocycles. The van der Waals surface area contributed by atoms with Crippen molar-refractivity contribution in [3.63, 3.8) is 0 Å². The Labute approximate surface area is 131 Å². The lowest BCUT2D eigenvalue weighted by molar-refractivity contribution is -0.124. The number of ketones is 1. The minimum Gasteiger partial charge on any atom is -0.484 e. The second kappa shape index (κ2) is 7.94. The third-order valence-electron chi connectivity index (χ3n) is 4.02. The van der Waals surface area contributed by atoms with Crippen molar-refractivity contribution in [2.24, 2.45) is 5.92 Å². The number of hydrogen-bond donors (Lipinski definition) is 1. The minimum absolute atomic E-state index is 0.00899. The Balaban J connectivity index is 1.78. The van der Waals surface area contributed by atoms with E-state index in [2.05, 4.69) is 5.32 Å². The highest BCUT2D eigenvalue weighted by molar-refractivity contribution is 5.94. The molecule has 1 aromatic carbocycles. The van der Waals surface area contributed by atoms with Crippen molar-refractivity contribution in [2.75, 3.05) is 20.3 Å². The monoisotopic (exact) mass is 305 g/mol. The van der Waals surface area contributed by atoms with Gasteiger partial charge in [-0.15, -0.1) is 0 Å². The molecule has 22 heavy (non-hydrogen) atoms. The van der Waals surface area contributed by atoms with Gasteiger partial charge in [0.2, 0.25) is 0 Å². The van der Waals surface area contributed by atoms with Crippen LogP contribution in [0, 0.1) is 5.92 Å². The number of methoxy groups -OCH3 is 1. The molecule has 0 aromatic heterocycles. The molecule has 0 unspecified atom stereocenters. The lowest BCUT2D eigenvalue weighted by Crippen LogP contribution is -2.41. The van der Waals surface area contributed by atoms with Gasteiger partial charge < -0.3 is 14.8 Å². The summed E-state index contributed by atoms with van der Waals surface area (Å²) in [5.41, 5.74) is 0.630. The minimum atomic E-state index is -0.122. The zero-order valence-corrected chi connectivity index (χ0v) is 13.1. The van der Waals surface area contributed by atoms with Gasteiger partial charge in [-0.1, -0.05) is 6.42 Å². The second-order valence-electron chi connectivity index (χ2n) is 5.69. The van der Waals surface area contributed by atoms with E-state index >= 15 is 0 Å². The average molecular weight is 305 g/mol. The maximum absolute atomic E-state index is 12.0. The van der Waals surface area contributed by atoms with Crippen molar-refractivity contribution in [1.29, 1.82) is 0 Å². The molecule has 1 aliphatic carbocycles. The van der Waals surface area contributed by atoms with Gasteiger partial charge in [-0.25, -0.2) is 0 Å². The Bertz CT molecular complexity index is 512. The van der Waals surface area contributed by atoms with E-state index in [1.165, 1.54) is 6.92 Å². The molecule has 0 bridgehead atoms. The standard InChI is InChI=1S/C17H23NO4/c1-12(19)13-6-8-15(9-7-13)22-11-17(20)18-16-5-3-4-14(16)10-21-2/h6-9,14,16H,3-5,10-11H2,1-2H3,(H,18,20)/t14-,16-/m1/s1. The van der Waals surface area contributed by atoms with Crippen LogP contribution in [-0.2, 0) is 9.53 Å². The summed E-state index contributed by atoms with van der Waals surface area (Å²) < 4.78 is 10.6. The molecule has 1 amide bonds. The third kappa shape index (κ3) is 4.56. The smallest absolute Gasteiger partial charge is 0.258 e. The molecule has 2 rings (SSSR count). The van der Waals surface area contributed by atoms with Gasteiger partial charge in [0.15, 0.2) is 12.4 Å². The third-order valence-corrected chi connectivity index (χ3v) is 4.02. The summed E-state index contributed by atoms with van der Waals surface area (Å²) in [4.78, 5) is 23.2. The van der Waals surface area contributed by atoms with E-state index < -0.39 is 0 Å². The number of hydrogen-bond acceptors (Lipinski definition) is 4. The van der Waals surface area contributed by atoms with E-state index in [0.717, 1.165) is 19.3 Å². The first kappa shape index (κ1) is 16.5. The quantitative estimate of drug-likeness (QED) is 0.784. The number of amides is 1. The molecule has 1 fully saturated rings. The fourth-order valence-corrected chi connectivity index (χ4v) is 2.82. The van der Waals surface area contributed by atoms with Gasteiger partial charge in [0, 0.05) is 24.6 Å². The Morgan fingerprint density at radius 3 is 2.59 bits per heavy atom. The van der Waals surface area contributed by atoms with Crippen LogP contribution in [-0.4, -0.2) is 38.1 Å². The van der Waals surface area contributed by atoms with Gasteiger partial charge in [0.05, 0.1) is 6.61 Å². The van der Waals surface area contributed by atoms with E-state index in [0.29, 0.717) is 23.8 Å². The summed E-state index contributed by atoms with van der Waals surface area (Å²) in [6.45, 7) is 2.18. The zero-order valence-electron chi connectivity index (χ0n) is 13.1. The highest BCUT2D eigenvalue weighted by Crippen LogP contribution is 2.25. The van der Waals surface area contributed by atoms with Crippen LogP contribution in [0.25, 0.3) is 0 Å². The number of rotatable bonds is 7. The van der Waals surface area contributed by atoms with Crippen LogP contribution in [0.5, 0.6) is 5.75 Å². The number of nitrogens with one attached hydrogen (secondary N) is 1. The summed E-state index contributed by atoms with van der Waals surface area (Å²) in [5.74, 6) is 0.863. The summed E-state index contributed by atoms with van der Waals surface area (Å²) in [6.07, 6.45) is 3.20. The Morgan fingerprint density at radius 2 is 1.95 bits per heavy atom. The molecular weight excluding hydrogens is 282 g/mol. The predicted molar refractivity (Wildman–Crippen MR) is 83.1 cm³/mol. The van der Waals surface area contributed by atoms with Gasteiger partial charge in [-0.2, -0.15) is 0 Å². The fraction of sp³-hybridized carbons (Fsp3) is 0.529. The normalized spacial score (nSPS) is 20.6. The topological polar surface area (TPSA) is 64.6 Å². The van der Waals surface area contributed by atoms with Crippen LogP contribution < -0.4 is 10.1 Å². The van der Waals surface area contributed by atoms with Crippen LogP contribution in [0.15, 0.2) is 24.3 Å². The van der Waals surface area contributed by atoms with Gasteiger partial charge in [0.1, 0.15) is 5.75 Å². The first-order valence-corrected chi connectivity index (χ1v) is 7.62. The molecule has 5 heteroatoms. The summed E-state index contributed by atoms with van der Waals surface area (Å²) in [5, 5.41) is 3.02. The Morgan fingerprint density at radius 1 is 1.23 bits per heavy atom. The molecule has 1 N–H and O–H groups in total. The van der Waals surface area contributed by atoms with Crippen molar-refractivity contribution in [3.8, 4) is 5.75 Å². The molecule has 5 nitrogen and oxygen atoms in total. The molecule has 1 aliphatic rings. The predicted octanol–water partition coefficient (Wildman–Crippen LogP) is 2.20. The molecular formula is C17H23NO4. The molecule has 0 saturated heterocycles. The number of benzene rings is 1. The van der Waals surface area contributed by atoms with E-state index in [-0.39, 0.29) is 24.3 Å². The lowest BCUT2D eigenvalue weighted by Gasteiger charge is -2.20. The average Bonchev–Trinajstić information content (AvgIpc) is 2.93. The summed E-state index contributed by atoms with van der Waals surface area (Å²) >= 11 is 0. The first-order chi connectivity index (χ1) is 10.6. The maximum atomic E-state index is 12.0. The van der Waals surface area contributed by atoms with Crippen molar-refractivity contribution >= 4 is 11.7 Å². The van der Waals surface area contributed by atoms with Crippen LogP contribution in [0.4, 0.5) is 0 Å². The Kier molecular flexibility index (Phi) is 5.95. The van der Waals surface area contributed by atoms with Crippen LogP contribution >= 0.6 is 0 Å². The van der Waals surface area contributed by atoms with Crippen LogP contribution in [0.1, 0.15) is 36.5 Å². The maximum Gasteiger partial charge on any atom is 0.258 e. The van der Waals surface area contributed by atoms with Crippen molar-refractivity contribution in [1.82, 2.24) is 5.32 Å². The van der Waals surface area contributed by atoms with Gasteiger partial charge in [-0.3, -0.25) is 9.59 Å². The van der Waals surface area contributed by atoms with Gasteiger partial charge in [-0.05, 0) is 44.0 Å². The molecule has 0 spiro atoms. The molecule has 0 radical (unpaired) electrons.